The second-order valence-electron chi connectivity index (χ2n) is 4.43. The van der Waals surface area contributed by atoms with Crippen LogP contribution < -0.4 is 10.1 Å². The standard InChI is InChI=1S/C13H23N3O2/c1-5-14-12(8-17-4)6-11-7-13(16-9-15-11)18-10(2)3/h7,9-10,12,14H,5-6,8H2,1-4H3. The van der Waals surface area contributed by atoms with Crippen LogP contribution in [-0.4, -0.2) is 42.4 Å². The molecule has 0 aliphatic heterocycles. The summed E-state index contributed by atoms with van der Waals surface area (Å²) < 4.78 is 10.7. The maximum atomic E-state index is 5.55. The lowest BCUT2D eigenvalue weighted by Gasteiger charge is -2.16. The molecule has 0 saturated heterocycles. The molecule has 5 heteroatoms. The highest BCUT2D eigenvalue weighted by molar-refractivity contribution is 5.14. The number of rotatable bonds is 8. The van der Waals surface area contributed by atoms with Crippen LogP contribution in [0.2, 0.25) is 0 Å². The molecule has 0 aromatic carbocycles. The number of nitrogens with zero attached hydrogens (tertiary/aromatic N) is 2. The molecule has 0 saturated carbocycles. The largest absolute Gasteiger partial charge is 0.475 e. The van der Waals surface area contributed by atoms with Crippen LogP contribution in [-0.2, 0) is 11.2 Å². The minimum atomic E-state index is 0.122. The molecule has 1 unspecified atom stereocenters. The molecule has 0 amide bonds. The van der Waals surface area contributed by atoms with Crippen LogP contribution in [0, 0.1) is 0 Å². The lowest BCUT2D eigenvalue weighted by molar-refractivity contribution is 0.166. The Kier molecular flexibility index (Phi) is 6.60. The molecule has 0 aliphatic carbocycles. The van der Waals surface area contributed by atoms with Crippen LogP contribution in [0.5, 0.6) is 5.88 Å². The van der Waals surface area contributed by atoms with Crippen molar-refractivity contribution in [1.29, 1.82) is 0 Å². The first-order chi connectivity index (χ1) is 8.65. The average Bonchev–Trinajstić information content (AvgIpc) is 2.29. The van der Waals surface area contributed by atoms with Gasteiger partial charge >= 0.3 is 0 Å². The van der Waals surface area contributed by atoms with Crippen molar-refractivity contribution >= 4 is 0 Å². The summed E-state index contributed by atoms with van der Waals surface area (Å²) in [6.07, 6.45) is 2.47. The molecule has 1 rings (SSSR count). The molecule has 102 valence electrons. The number of likely N-dealkylation sites (N-methyl/N-ethyl adjacent to an activating group) is 1. The number of nitrogens with one attached hydrogen (secondary N) is 1. The highest BCUT2D eigenvalue weighted by Gasteiger charge is 2.10. The van der Waals surface area contributed by atoms with Crippen molar-refractivity contribution in [2.75, 3.05) is 20.3 Å². The van der Waals surface area contributed by atoms with Gasteiger partial charge in [0.2, 0.25) is 5.88 Å². The Hall–Kier alpha value is -1.20. The summed E-state index contributed by atoms with van der Waals surface area (Å²) in [7, 11) is 1.71. The molecular weight excluding hydrogens is 230 g/mol. The van der Waals surface area contributed by atoms with E-state index in [4.69, 9.17) is 9.47 Å². The second kappa shape index (κ2) is 8.00. The highest BCUT2D eigenvalue weighted by atomic mass is 16.5. The number of hydrogen-bond donors (Lipinski definition) is 1. The van der Waals surface area contributed by atoms with Crippen molar-refractivity contribution in [2.45, 2.75) is 39.3 Å². The Balaban J connectivity index is 2.64. The Labute approximate surface area is 109 Å². The van der Waals surface area contributed by atoms with Crippen molar-refractivity contribution in [3.05, 3.63) is 18.1 Å². The summed E-state index contributed by atoms with van der Waals surface area (Å²) in [6.45, 7) is 7.62. The fraction of sp³-hybridized carbons (Fsp3) is 0.692. The van der Waals surface area contributed by atoms with Crippen LogP contribution in [0.25, 0.3) is 0 Å². The summed E-state index contributed by atoms with van der Waals surface area (Å²) >= 11 is 0. The van der Waals surface area contributed by atoms with Gasteiger partial charge in [-0.25, -0.2) is 9.97 Å². The van der Waals surface area contributed by atoms with Crippen molar-refractivity contribution < 1.29 is 9.47 Å². The SMILES string of the molecule is CCNC(COC)Cc1cc(OC(C)C)ncn1. The average molecular weight is 253 g/mol. The monoisotopic (exact) mass is 253 g/mol. The fourth-order valence-electron chi connectivity index (χ4n) is 1.73. The summed E-state index contributed by atoms with van der Waals surface area (Å²) in [4.78, 5) is 8.36. The smallest absolute Gasteiger partial charge is 0.216 e. The van der Waals surface area contributed by atoms with E-state index in [9.17, 15) is 0 Å². The molecule has 1 N–H and O–H groups in total. The minimum absolute atomic E-state index is 0.122. The van der Waals surface area contributed by atoms with E-state index in [-0.39, 0.29) is 12.1 Å². The van der Waals surface area contributed by atoms with Gasteiger partial charge in [0.05, 0.1) is 12.7 Å². The number of hydrogen-bond acceptors (Lipinski definition) is 5. The third-order valence-electron chi connectivity index (χ3n) is 2.37. The lowest BCUT2D eigenvalue weighted by atomic mass is 10.1. The third kappa shape index (κ3) is 5.42. The molecule has 0 fully saturated rings. The van der Waals surface area contributed by atoms with Gasteiger partial charge in [-0.15, -0.1) is 0 Å². The van der Waals surface area contributed by atoms with Crippen molar-refractivity contribution in [1.82, 2.24) is 15.3 Å². The molecule has 0 aliphatic rings. The van der Waals surface area contributed by atoms with E-state index in [0.29, 0.717) is 12.5 Å². The first kappa shape index (κ1) is 14.9. The highest BCUT2D eigenvalue weighted by Crippen LogP contribution is 2.10. The van der Waals surface area contributed by atoms with Gasteiger partial charge in [0.1, 0.15) is 6.33 Å². The van der Waals surface area contributed by atoms with Crippen LogP contribution in [0.15, 0.2) is 12.4 Å². The summed E-state index contributed by atoms with van der Waals surface area (Å²) in [5.74, 6) is 0.627. The fourth-order valence-corrected chi connectivity index (χ4v) is 1.73. The van der Waals surface area contributed by atoms with Crippen LogP contribution in [0.4, 0.5) is 0 Å². The van der Waals surface area contributed by atoms with Gasteiger partial charge in [-0.1, -0.05) is 6.92 Å². The van der Waals surface area contributed by atoms with Gasteiger partial charge in [0.25, 0.3) is 0 Å². The van der Waals surface area contributed by atoms with E-state index in [0.717, 1.165) is 18.7 Å². The Bertz CT molecular complexity index is 339. The van der Waals surface area contributed by atoms with E-state index in [1.165, 1.54) is 0 Å². The number of aromatic nitrogens is 2. The Morgan fingerprint density at radius 1 is 1.33 bits per heavy atom. The predicted molar refractivity (Wildman–Crippen MR) is 70.8 cm³/mol. The van der Waals surface area contributed by atoms with Gasteiger partial charge in [-0.05, 0) is 20.4 Å². The van der Waals surface area contributed by atoms with Crippen LogP contribution in [0.3, 0.4) is 0 Å². The minimum Gasteiger partial charge on any atom is -0.475 e. The van der Waals surface area contributed by atoms with Gasteiger partial charge in [0.15, 0.2) is 0 Å². The van der Waals surface area contributed by atoms with E-state index >= 15 is 0 Å². The Morgan fingerprint density at radius 3 is 2.72 bits per heavy atom. The van der Waals surface area contributed by atoms with Crippen LogP contribution >= 0.6 is 0 Å². The summed E-state index contributed by atoms with van der Waals surface area (Å²) in [5, 5.41) is 3.37. The van der Waals surface area contributed by atoms with Crippen LogP contribution in [0.1, 0.15) is 26.5 Å². The zero-order chi connectivity index (χ0) is 13.4. The van der Waals surface area contributed by atoms with Gasteiger partial charge in [-0.2, -0.15) is 0 Å². The van der Waals surface area contributed by atoms with Gasteiger partial charge < -0.3 is 14.8 Å². The molecule has 1 heterocycles. The van der Waals surface area contributed by atoms with Gasteiger partial charge in [0, 0.05) is 31.3 Å². The predicted octanol–water partition coefficient (Wildman–Crippen LogP) is 1.43. The second-order valence-corrected chi connectivity index (χ2v) is 4.43. The molecule has 0 radical (unpaired) electrons. The molecule has 1 atom stereocenters. The van der Waals surface area contributed by atoms with E-state index in [1.807, 2.05) is 19.9 Å². The molecule has 5 nitrogen and oxygen atoms in total. The zero-order valence-electron chi connectivity index (χ0n) is 11.6. The molecule has 1 aromatic heterocycles. The maximum absolute atomic E-state index is 5.55. The van der Waals surface area contributed by atoms with E-state index in [2.05, 4.69) is 22.2 Å². The number of ether oxygens (including phenoxy) is 2. The van der Waals surface area contributed by atoms with E-state index < -0.39 is 0 Å². The quantitative estimate of drug-likeness (QED) is 0.759. The zero-order valence-corrected chi connectivity index (χ0v) is 11.6. The van der Waals surface area contributed by atoms with Crippen molar-refractivity contribution in [3.8, 4) is 5.88 Å². The molecule has 0 bridgehead atoms. The van der Waals surface area contributed by atoms with E-state index in [1.54, 1.807) is 13.4 Å². The normalized spacial score (nSPS) is 12.7. The molecule has 18 heavy (non-hydrogen) atoms. The third-order valence-corrected chi connectivity index (χ3v) is 2.37. The maximum Gasteiger partial charge on any atom is 0.216 e. The van der Waals surface area contributed by atoms with Crippen molar-refractivity contribution in [2.24, 2.45) is 0 Å². The first-order valence-electron chi connectivity index (χ1n) is 6.35. The number of methoxy groups -OCH3 is 1. The topological polar surface area (TPSA) is 56.3 Å². The summed E-state index contributed by atoms with van der Waals surface area (Å²) in [5.41, 5.74) is 0.962. The molecule has 1 aromatic rings. The van der Waals surface area contributed by atoms with Gasteiger partial charge in [-0.3, -0.25) is 0 Å². The Morgan fingerprint density at radius 2 is 2.11 bits per heavy atom. The van der Waals surface area contributed by atoms with Crippen molar-refractivity contribution in [3.63, 3.8) is 0 Å². The molecule has 0 spiro atoms. The first-order valence-corrected chi connectivity index (χ1v) is 6.35. The lowest BCUT2D eigenvalue weighted by Crippen LogP contribution is -2.35. The summed E-state index contributed by atoms with van der Waals surface area (Å²) in [6, 6.07) is 2.15. The molecular formula is C13H23N3O2.